The molecule has 3 N–H and O–H groups in total. The Balaban J connectivity index is 2.53. The number of hydrogen-bond donors (Lipinski definition) is 3. The zero-order valence-electron chi connectivity index (χ0n) is 18.6. The fourth-order valence-electron chi connectivity index (χ4n) is 3.17. The molecule has 0 aromatic rings. The third kappa shape index (κ3) is 9.13. The van der Waals surface area contributed by atoms with E-state index in [-0.39, 0.29) is 31.6 Å². The van der Waals surface area contributed by atoms with Crippen LogP contribution in [0.1, 0.15) is 19.3 Å². The van der Waals surface area contributed by atoms with Crippen LogP contribution in [0.15, 0.2) is 0 Å². The number of esters is 1. The number of thioether (sulfide) groups is 1. The minimum Gasteiger partial charge on any atom is -0.468 e. The van der Waals surface area contributed by atoms with Crippen LogP contribution in [0, 0.1) is 0 Å². The monoisotopic (exact) mass is 459 g/mol. The van der Waals surface area contributed by atoms with Crippen molar-refractivity contribution in [3.8, 4) is 0 Å². The molecule has 1 saturated heterocycles. The molecule has 1 aliphatic heterocycles. The maximum atomic E-state index is 12.9. The highest BCUT2D eigenvalue weighted by Gasteiger charge is 2.35. The predicted octanol–water partition coefficient (Wildman–Crippen LogP) is -1.82. The molecule has 1 rings (SSSR count). The van der Waals surface area contributed by atoms with Gasteiger partial charge in [-0.05, 0) is 44.9 Å². The van der Waals surface area contributed by atoms with Gasteiger partial charge in [-0.1, -0.05) is 0 Å². The van der Waals surface area contributed by atoms with Crippen LogP contribution in [0.5, 0.6) is 0 Å². The Morgan fingerprint density at radius 2 is 1.71 bits per heavy atom. The standard InChI is InChI=1S/C19H33N5O6S/c1-23-8-5-6-14(23)19(29)24(2)13(7-9-31-4)18(28)22-11-16(26)20-10-15(25)21-12-17(27)30-3/h13-14H,5-12H2,1-4H3,(H,20,26)(H,21,25)(H,22,28). The summed E-state index contributed by atoms with van der Waals surface area (Å²) >= 11 is 1.57. The summed E-state index contributed by atoms with van der Waals surface area (Å²) in [5, 5.41) is 7.18. The molecule has 1 fully saturated rings. The molecule has 0 radical (unpaired) electrons. The van der Waals surface area contributed by atoms with Crippen LogP contribution in [0.4, 0.5) is 0 Å². The summed E-state index contributed by atoms with van der Waals surface area (Å²) in [7, 11) is 4.71. The van der Waals surface area contributed by atoms with E-state index in [2.05, 4.69) is 20.7 Å². The van der Waals surface area contributed by atoms with Crippen LogP contribution in [0.3, 0.4) is 0 Å². The molecule has 1 aliphatic rings. The number of methoxy groups -OCH3 is 1. The highest BCUT2D eigenvalue weighted by Crippen LogP contribution is 2.19. The second-order valence-corrected chi connectivity index (χ2v) is 8.22. The van der Waals surface area contributed by atoms with Gasteiger partial charge in [-0.3, -0.25) is 28.9 Å². The summed E-state index contributed by atoms with van der Waals surface area (Å²) in [4.78, 5) is 63.5. The minimum absolute atomic E-state index is 0.104. The summed E-state index contributed by atoms with van der Waals surface area (Å²) < 4.78 is 4.40. The maximum absolute atomic E-state index is 12.9. The quantitative estimate of drug-likeness (QED) is 0.290. The van der Waals surface area contributed by atoms with E-state index in [0.29, 0.717) is 12.2 Å². The zero-order valence-corrected chi connectivity index (χ0v) is 19.4. The highest BCUT2D eigenvalue weighted by atomic mass is 32.2. The van der Waals surface area contributed by atoms with Crippen molar-refractivity contribution in [2.75, 3.05) is 59.4 Å². The number of amides is 4. The molecular weight excluding hydrogens is 426 g/mol. The Hall–Kier alpha value is -2.34. The Bertz CT molecular complexity index is 662. The average molecular weight is 460 g/mol. The smallest absolute Gasteiger partial charge is 0.325 e. The third-order valence-electron chi connectivity index (χ3n) is 5.05. The Morgan fingerprint density at radius 3 is 2.26 bits per heavy atom. The van der Waals surface area contributed by atoms with E-state index in [0.717, 1.165) is 19.4 Å². The van der Waals surface area contributed by atoms with E-state index < -0.39 is 29.7 Å². The molecule has 0 spiro atoms. The Labute approximate surface area is 187 Å². The first-order chi connectivity index (χ1) is 14.7. The lowest BCUT2D eigenvalue weighted by atomic mass is 10.1. The molecule has 1 heterocycles. The first-order valence-electron chi connectivity index (χ1n) is 10.0. The first kappa shape index (κ1) is 26.7. The predicted molar refractivity (Wildman–Crippen MR) is 116 cm³/mol. The number of likely N-dealkylation sites (tertiary alicyclic amines) is 1. The van der Waals surface area contributed by atoms with E-state index in [1.807, 2.05) is 18.2 Å². The lowest BCUT2D eigenvalue weighted by Gasteiger charge is -2.31. The minimum atomic E-state index is -0.690. The van der Waals surface area contributed by atoms with Gasteiger partial charge in [0.2, 0.25) is 23.6 Å². The van der Waals surface area contributed by atoms with Crippen molar-refractivity contribution in [2.45, 2.75) is 31.3 Å². The van der Waals surface area contributed by atoms with E-state index in [1.54, 1.807) is 18.8 Å². The molecule has 176 valence electrons. The second kappa shape index (κ2) is 13.9. The van der Waals surface area contributed by atoms with Gasteiger partial charge in [0, 0.05) is 7.05 Å². The van der Waals surface area contributed by atoms with E-state index in [1.165, 1.54) is 12.0 Å². The molecule has 0 aromatic heterocycles. The van der Waals surface area contributed by atoms with Gasteiger partial charge >= 0.3 is 5.97 Å². The van der Waals surface area contributed by atoms with Crippen LogP contribution >= 0.6 is 11.8 Å². The van der Waals surface area contributed by atoms with Gasteiger partial charge < -0.3 is 25.6 Å². The molecule has 31 heavy (non-hydrogen) atoms. The summed E-state index contributed by atoms with van der Waals surface area (Å²) in [6.07, 6.45) is 4.08. The lowest BCUT2D eigenvalue weighted by Crippen LogP contribution is -2.53. The number of ether oxygens (including phenoxy) is 1. The molecule has 2 atom stereocenters. The number of nitrogens with one attached hydrogen (secondary N) is 3. The Kier molecular flexibility index (Phi) is 11.9. The number of nitrogens with zero attached hydrogens (tertiary/aromatic N) is 2. The van der Waals surface area contributed by atoms with Crippen molar-refractivity contribution in [1.29, 1.82) is 0 Å². The fourth-order valence-corrected chi connectivity index (χ4v) is 3.63. The zero-order chi connectivity index (χ0) is 23.4. The lowest BCUT2D eigenvalue weighted by molar-refractivity contribution is -0.142. The Morgan fingerprint density at radius 1 is 1.10 bits per heavy atom. The molecule has 0 aliphatic carbocycles. The van der Waals surface area contributed by atoms with Crippen molar-refractivity contribution >= 4 is 41.4 Å². The van der Waals surface area contributed by atoms with Crippen LogP contribution in [-0.4, -0.2) is 111 Å². The van der Waals surface area contributed by atoms with Crippen LogP contribution < -0.4 is 16.0 Å². The number of rotatable bonds is 12. The van der Waals surface area contributed by atoms with Crippen molar-refractivity contribution < 1.29 is 28.7 Å². The van der Waals surface area contributed by atoms with Gasteiger partial charge in [0.15, 0.2) is 0 Å². The SMILES string of the molecule is COC(=O)CNC(=O)CNC(=O)CNC(=O)C(CCSC)N(C)C(=O)C1CCCN1C. The van der Waals surface area contributed by atoms with Crippen LogP contribution in [0.25, 0.3) is 0 Å². The first-order valence-corrected chi connectivity index (χ1v) is 11.4. The molecule has 12 heteroatoms. The van der Waals surface area contributed by atoms with Gasteiger partial charge in [0.1, 0.15) is 12.6 Å². The fraction of sp³-hybridized carbons (Fsp3) is 0.737. The van der Waals surface area contributed by atoms with Gasteiger partial charge in [0.05, 0.1) is 26.2 Å². The van der Waals surface area contributed by atoms with Gasteiger partial charge in [-0.25, -0.2) is 0 Å². The molecule has 11 nitrogen and oxygen atoms in total. The number of carbonyl (C=O) groups is 5. The summed E-state index contributed by atoms with van der Waals surface area (Å²) in [6, 6.07) is -0.925. The largest absolute Gasteiger partial charge is 0.468 e. The number of likely N-dealkylation sites (N-methyl/N-ethyl adjacent to an activating group) is 2. The van der Waals surface area contributed by atoms with Gasteiger partial charge in [-0.15, -0.1) is 0 Å². The summed E-state index contributed by atoms with van der Waals surface area (Å²) in [5.41, 5.74) is 0. The third-order valence-corrected chi connectivity index (χ3v) is 5.69. The van der Waals surface area contributed by atoms with Crippen molar-refractivity contribution in [2.24, 2.45) is 0 Å². The van der Waals surface area contributed by atoms with Crippen LogP contribution in [-0.2, 0) is 28.7 Å². The van der Waals surface area contributed by atoms with Gasteiger partial charge in [-0.2, -0.15) is 11.8 Å². The molecule has 0 bridgehead atoms. The van der Waals surface area contributed by atoms with E-state index >= 15 is 0 Å². The number of hydrogen-bond acceptors (Lipinski definition) is 8. The second-order valence-electron chi connectivity index (χ2n) is 7.23. The summed E-state index contributed by atoms with van der Waals surface area (Å²) in [5.74, 6) is -1.57. The molecule has 2 unspecified atom stereocenters. The van der Waals surface area contributed by atoms with E-state index in [4.69, 9.17) is 0 Å². The molecular formula is C19H33N5O6S. The highest BCUT2D eigenvalue weighted by molar-refractivity contribution is 7.98. The number of carbonyl (C=O) groups excluding carboxylic acids is 5. The van der Waals surface area contributed by atoms with Crippen LogP contribution in [0.2, 0.25) is 0 Å². The maximum Gasteiger partial charge on any atom is 0.325 e. The van der Waals surface area contributed by atoms with Crippen molar-refractivity contribution in [3.05, 3.63) is 0 Å². The van der Waals surface area contributed by atoms with Gasteiger partial charge in [0.25, 0.3) is 0 Å². The molecule has 0 aromatic carbocycles. The normalized spacial score (nSPS) is 16.8. The average Bonchev–Trinajstić information content (AvgIpc) is 3.19. The topological polar surface area (TPSA) is 137 Å². The van der Waals surface area contributed by atoms with E-state index in [9.17, 15) is 24.0 Å². The molecule has 4 amide bonds. The molecule has 0 saturated carbocycles. The van der Waals surface area contributed by atoms with Crippen molar-refractivity contribution in [3.63, 3.8) is 0 Å². The van der Waals surface area contributed by atoms with Crippen molar-refractivity contribution in [1.82, 2.24) is 25.8 Å². The summed E-state index contributed by atoms with van der Waals surface area (Å²) in [6.45, 7) is -0.118.